The summed E-state index contributed by atoms with van der Waals surface area (Å²) in [6.45, 7) is 5.91. The fraction of sp³-hybridized carbons (Fsp3) is 0.333. The average molecular weight is 346 g/mol. The first-order chi connectivity index (χ1) is 12.8. The van der Waals surface area contributed by atoms with E-state index in [2.05, 4.69) is 50.6 Å². The van der Waals surface area contributed by atoms with E-state index in [1.807, 2.05) is 18.5 Å². The summed E-state index contributed by atoms with van der Waals surface area (Å²) in [7, 11) is 0. The molecule has 0 radical (unpaired) electrons. The lowest BCUT2D eigenvalue weighted by Crippen LogP contribution is -2.36. The normalized spacial score (nSPS) is 17.4. The van der Waals surface area contributed by atoms with Crippen molar-refractivity contribution < 1.29 is 4.74 Å². The monoisotopic (exact) mass is 346 g/mol. The minimum absolute atomic E-state index is 0.344. The molecule has 132 valence electrons. The second-order valence-electron chi connectivity index (χ2n) is 7.07. The molecule has 0 N–H and O–H groups in total. The summed E-state index contributed by atoms with van der Waals surface area (Å²) < 4.78 is 8.07. The van der Waals surface area contributed by atoms with Crippen LogP contribution in [0.2, 0.25) is 0 Å². The van der Waals surface area contributed by atoms with Gasteiger partial charge >= 0.3 is 0 Å². The lowest BCUT2D eigenvalue weighted by atomic mass is 10.0. The van der Waals surface area contributed by atoms with E-state index >= 15 is 0 Å². The SMILES string of the molecule is CC(c1ccc2c(c1)OCC2)N1CCn2c(-c3cccnc3)cnc2C1. The Labute approximate surface area is 153 Å². The number of hydrogen-bond donors (Lipinski definition) is 0. The molecule has 2 aliphatic heterocycles. The molecule has 0 fully saturated rings. The summed E-state index contributed by atoms with van der Waals surface area (Å²) in [6.07, 6.45) is 6.72. The minimum atomic E-state index is 0.344. The first kappa shape index (κ1) is 15.6. The molecule has 0 spiro atoms. The van der Waals surface area contributed by atoms with Gasteiger partial charge in [-0.1, -0.05) is 12.1 Å². The molecule has 2 aromatic heterocycles. The lowest BCUT2D eigenvalue weighted by Gasteiger charge is -2.33. The highest BCUT2D eigenvalue weighted by atomic mass is 16.5. The fourth-order valence-electron chi connectivity index (χ4n) is 4.01. The number of imidazole rings is 1. The quantitative estimate of drug-likeness (QED) is 0.728. The molecule has 26 heavy (non-hydrogen) atoms. The molecule has 1 aromatic carbocycles. The molecule has 1 atom stereocenters. The van der Waals surface area contributed by atoms with Crippen LogP contribution < -0.4 is 4.74 Å². The number of rotatable bonds is 3. The van der Waals surface area contributed by atoms with Crippen molar-refractivity contribution in [3.8, 4) is 17.0 Å². The Balaban J connectivity index is 1.38. The Hall–Kier alpha value is -2.66. The van der Waals surface area contributed by atoms with Crippen LogP contribution >= 0.6 is 0 Å². The molecule has 0 bridgehead atoms. The van der Waals surface area contributed by atoms with E-state index in [0.717, 1.165) is 55.5 Å². The summed E-state index contributed by atoms with van der Waals surface area (Å²) in [4.78, 5) is 11.4. The average Bonchev–Trinajstić information content (AvgIpc) is 3.33. The van der Waals surface area contributed by atoms with Gasteiger partial charge < -0.3 is 9.30 Å². The molecular weight excluding hydrogens is 324 g/mol. The standard InChI is InChI=1S/C21H22N4O/c1-15(17-5-4-16-6-10-26-20(16)11-17)24-8-9-25-19(13-23-21(25)14-24)18-3-2-7-22-12-18/h2-5,7,11-13,15H,6,8-10,14H2,1H3. The maximum atomic E-state index is 5.74. The van der Waals surface area contributed by atoms with Crippen molar-refractivity contribution in [1.29, 1.82) is 0 Å². The number of fused-ring (bicyclic) bond motifs is 2. The topological polar surface area (TPSA) is 43.2 Å². The van der Waals surface area contributed by atoms with Crippen molar-refractivity contribution in [2.24, 2.45) is 0 Å². The molecule has 0 aliphatic carbocycles. The van der Waals surface area contributed by atoms with Crippen LogP contribution in [0, 0.1) is 0 Å². The molecule has 4 heterocycles. The van der Waals surface area contributed by atoms with Gasteiger partial charge in [0.2, 0.25) is 0 Å². The number of ether oxygens (including phenoxy) is 1. The zero-order valence-electron chi connectivity index (χ0n) is 14.9. The van der Waals surface area contributed by atoms with Gasteiger partial charge in [0, 0.05) is 43.5 Å². The van der Waals surface area contributed by atoms with Gasteiger partial charge in [0.1, 0.15) is 11.6 Å². The van der Waals surface area contributed by atoms with Gasteiger partial charge in [-0.25, -0.2) is 4.98 Å². The zero-order valence-corrected chi connectivity index (χ0v) is 14.9. The van der Waals surface area contributed by atoms with Gasteiger partial charge in [-0.2, -0.15) is 0 Å². The number of pyridine rings is 1. The van der Waals surface area contributed by atoms with E-state index < -0.39 is 0 Å². The largest absolute Gasteiger partial charge is 0.493 e. The van der Waals surface area contributed by atoms with Crippen LogP contribution in [0.25, 0.3) is 11.3 Å². The van der Waals surface area contributed by atoms with Crippen molar-refractivity contribution in [3.05, 3.63) is 65.9 Å². The summed E-state index contributed by atoms with van der Waals surface area (Å²) in [6, 6.07) is 11.1. The van der Waals surface area contributed by atoms with Crippen molar-refractivity contribution >= 4 is 0 Å². The van der Waals surface area contributed by atoms with E-state index in [4.69, 9.17) is 4.74 Å². The van der Waals surface area contributed by atoms with Crippen LogP contribution in [0.15, 0.2) is 48.9 Å². The Morgan fingerprint density at radius 2 is 2.12 bits per heavy atom. The van der Waals surface area contributed by atoms with E-state index in [-0.39, 0.29) is 0 Å². The predicted octanol–water partition coefficient (Wildman–Crippen LogP) is 3.46. The number of hydrogen-bond acceptors (Lipinski definition) is 4. The third-order valence-corrected chi connectivity index (χ3v) is 5.60. The first-order valence-corrected chi connectivity index (χ1v) is 9.24. The summed E-state index contributed by atoms with van der Waals surface area (Å²) in [5.41, 5.74) is 4.93. The predicted molar refractivity (Wildman–Crippen MR) is 99.9 cm³/mol. The second-order valence-corrected chi connectivity index (χ2v) is 7.07. The molecule has 5 rings (SSSR count). The van der Waals surface area contributed by atoms with Crippen molar-refractivity contribution in [1.82, 2.24) is 19.4 Å². The zero-order chi connectivity index (χ0) is 17.5. The fourth-order valence-corrected chi connectivity index (χ4v) is 4.01. The molecule has 1 unspecified atom stereocenters. The van der Waals surface area contributed by atoms with Gasteiger partial charge in [0.15, 0.2) is 0 Å². The van der Waals surface area contributed by atoms with Crippen molar-refractivity contribution in [2.75, 3.05) is 13.2 Å². The number of aromatic nitrogens is 3. The molecule has 5 nitrogen and oxygen atoms in total. The summed E-state index contributed by atoms with van der Waals surface area (Å²) in [5, 5.41) is 0. The minimum Gasteiger partial charge on any atom is -0.493 e. The number of nitrogens with zero attached hydrogens (tertiary/aromatic N) is 4. The smallest absolute Gasteiger partial charge is 0.123 e. The van der Waals surface area contributed by atoms with Crippen LogP contribution in [-0.2, 0) is 19.5 Å². The Morgan fingerprint density at radius 1 is 1.15 bits per heavy atom. The molecule has 3 aromatic rings. The van der Waals surface area contributed by atoms with E-state index in [1.54, 1.807) is 6.20 Å². The lowest BCUT2D eigenvalue weighted by molar-refractivity contribution is 0.164. The Kier molecular flexibility index (Phi) is 3.75. The summed E-state index contributed by atoms with van der Waals surface area (Å²) >= 11 is 0. The Bertz CT molecular complexity index is 934. The second kappa shape index (κ2) is 6.25. The molecular formula is C21H22N4O. The molecule has 0 saturated heterocycles. The summed E-state index contributed by atoms with van der Waals surface area (Å²) in [5.74, 6) is 2.19. The van der Waals surface area contributed by atoms with Gasteiger partial charge in [0.25, 0.3) is 0 Å². The van der Waals surface area contributed by atoms with Gasteiger partial charge in [-0.05, 0) is 36.2 Å². The van der Waals surface area contributed by atoms with Gasteiger partial charge in [-0.15, -0.1) is 0 Å². The van der Waals surface area contributed by atoms with Crippen LogP contribution in [0.5, 0.6) is 5.75 Å². The first-order valence-electron chi connectivity index (χ1n) is 9.24. The van der Waals surface area contributed by atoms with Crippen LogP contribution in [0.4, 0.5) is 0 Å². The van der Waals surface area contributed by atoms with Crippen molar-refractivity contribution in [2.45, 2.75) is 32.5 Å². The molecule has 5 heteroatoms. The maximum Gasteiger partial charge on any atom is 0.123 e. The highest BCUT2D eigenvalue weighted by Crippen LogP contribution is 2.32. The van der Waals surface area contributed by atoms with Crippen LogP contribution in [-0.4, -0.2) is 32.6 Å². The van der Waals surface area contributed by atoms with E-state index in [1.165, 1.54) is 11.1 Å². The number of benzene rings is 1. The Morgan fingerprint density at radius 3 is 3.00 bits per heavy atom. The molecule has 0 saturated carbocycles. The van der Waals surface area contributed by atoms with Gasteiger partial charge in [0.05, 0.1) is 25.0 Å². The molecule has 2 aliphatic rings. The van der Waals surface area contributed by atoms with E-state index in [9.17, 15) is 0 Å². The highest BCUT2D eigenvalue weighted by Gasteiger charge is 2.25. The van der Waals surface area contributed by atoms with Crippen LogP contribution in [0.1, 0.15) is 29.9 Å². The highest BCUT2D eigenvalue weighted by molar-refractivity contribution is 5.58. The van der Waals surface area contributed by atoms with E-state index in [0.29, 0.717) is 6.04 Å². The third kappa shape index (κ3) is 2.59. The maximum absolute atomic E-state index is 5.74. The van der Waals surface area contributed by atoms with Gasteiger partial charge in [-0.3, -0.25) is 9.88 Å². The van der Waals surface area contributed by atoms with Crippen LogP contribution in [0.3, 0.4) is 0 Å². The molecule has 0 amide bonds. The van der Waals surface area contributed by atoms with Crippen molar-refractivity contribution in [3.63, 3.8) is 0 Å². The third-order valence-electron chi connectivity index (χ3n) is 5.60.